The van der Waals surface area contributed by atoms with Crippen LogP contribution in [0.5, 0.6) is 11.5 Å². The number of aromatic nitrogens is 1. The Morgan fingerprint density at radius 2 is 1.71 bits per heavy atom. The molecule has 1 aromatic heterocycles. The number of aromatic amines is 1. The van der Waals surface area contributed by atoms with Gasteiger partial charge >= 0.3 is 5.97 Å². The highest BCUT2D eigenvalue weighted by molar-refractivity contribution is 6.04. The standard InChI is InChI=1S/C18H21NO5/c1-10-15(11(2)19-16(10)18(21)23-5)17(20)12(3)24-14-9-7-6-8-13(14)22-4/h6-9,12,19H,1-5H3. The van der Waals surface area contributed by atoms with Gasteiger partial charge in [-0.25, -0.2) is 4.79 Å². The summed E-state index contributed by atoms with van der Waals surface area (Å²) in [6.45, 7) is 5.11. The lowest BCUT2D eigenvalue weighted by molar-refractivity contribution is 0.0594. The normalized spacial score (nSPS) is 11.7. The molecule has 1 N–H and O–H groups in total. The lowest BCUT2D eigenvalue weighted by Gasteiger charge is -2.16. The molecule has 24 heavy (non-hydrogen) atoms. The van der Waals surface area contributed by atoms with Gasteiger partial charge in [0.2, 0.25) is 5.78 Å². The number of Topliss-reactive ketones (excluding diaryl/α,β-unsaturated/α-hetero) is 1. The van der Waals surface area contributed by atoms with E-state index in [-0.39, 0.29) is 11.5 Å². The molecular weight excluding hydrogens is 310 g/mol. The fraction of sp³-hybridized carbons (Fsp3) is 0.333. The van der Waals surface area contributed by atoms with Crippen LogP contribution in [0.25, 0.3) is 0 Å². The third-order valence-electron chi connectivity index (χ3n) is 3.82. The van der Waals surface area contributed by atoms with E-state index in [0.29, 0.717) is 28.3 Å². The molecule has 0 spiro atoms. The number of hydrogen-bond acceptors (Lipinski definition) is 5. The molecule has 0 saturated heterocycles. The Balaban J connectivity index is 2.28. The number of H-pyrrole nitrogens is 1. The van der Waals surface area contributed by atoms with Gasteiger partial charge < -0.3 is 19.2 Å². The summed E-state index contributed by atoms with van der Waals surface area (Å²) in [5.41, 5.74) is 1.88. The van der Waals surface area contributed by atoms with Gasteiger partial charge in [-0.05, 0) is 38.5 Å². The number of aryl methyl sites for hydroxylation is 1. The van der Waals surface area contributed by atoms with E-state index >= 15 is 0 Å². The van der Waals surface area contributed by atoms with Crippen LogP contribution in [0.3, 0.4) is 0 Å². The molecule has 6 nitrogen and oxygen atoms in total. The number of ketones is 1. The molecular formula is C18H21NO5. The summed E-state index contributed by atoms with van der Waals surface area (Å²) in [4.78, 5) is 27.4. The molecule has 1 unspecified atom stereocenters. The van der Waals surface area contributed by atoms with Crippen molar-refractivity contribution in [3.63, 3.8) is 0 Å². The quantitative estimate of drug-likeness (QED) is 0.650. The third-order valence-corrected chi connectivity index (χ3v) is 3.82. The Morgan fingerprint density at radius 3 is 2.29 bits per heavy atom. The van der Waals surface area contributed by atoms with E-state index in [9.17, 15) is 9.59 Å². The average Bonchev–Trinajstić information content (AvgIpc) is 2.88. The van der Waals surface area contributed by atoms with Crippen LogP contribution in [-0.4, -0.2) is 37.1 Å². The average molecular weight is 331 g/mol. The molecule has 0 fully saturated rings. The minimum absolute atomic E-state index is 0.220. The fourth-order valence-electron chi connectivity index (χ4n) is 2.59. The number of esters is 1. The van der Waals surface area contributed by atoms with Crippen LogP contribution in [0, 0.1) is 13.8 Å². The minimum atomic E-state index is -0.736. The summed E-state index contributed by atoms with van der Waals surface area (Å²) in [5.74, 6) is 0.310. The molecule has 1 heterocycles. The Kier molecular flexibility index (Phi) is 5.28. The maximum absolute atomic E-state index is 12.8. The van der Waals surface area contributed by atoms with Crippen LogP contribution >= 0.6 is 0 Å². The molecule has 2 rings (SSSR count). The largest absolute Gasteiger partial charge is 0.493 e. The number of benzene rings is 1. The number of nitrogens with one attached hydrogen (secondary N) is 1. The van der Waals surface area contributed by atoms with Gasteiger partial charge in [-0.3, -0.25) is 4.79 Å². The van der Waals surface area contributed by atoms with Crippen LogP contribution in [0.2, 0.25) is 0 Å². The van der Waals surface area contributed by atoms with Crippen molar-refractivity contribution in [2.45, 2.75) is 26.9 Å². The predicted molar refractivity (Wildman–Crippen MR) is 89.0 cm³/mol. The highest BCUT2D eigenvalue weighted by atomic mass is 16.5. The molecule has 0 aliphatic carbocycles. The van der Waals surface area contributed by atoms with E-state index < -0.39 is 12.1 Å². The van der Waals surface area contributed by atoms with E-state index in [1.807, 2.05) is 6.07 Å². The van der Waals surface area contributed by atoms with Crippen LogP contribution in [0.15, 0.2) is 24.3 Å². The van der Waals surface area contributed by atoms with Gasteiger partial charge in [0.25, 0.3) is 0 Å². The maximum Gasteiger partial charge on any atom is 0.354 e. The number of methoxy groups -OCH3 is 2. The molecule has 0 amide bonds. The summed E-state index contributed by atoms with van der Waals surface area (Å²) in [7, 11) is 2.84. The van der Waals surface area contributed by atoms with Crippen LogP contribution in [0.1, 0.15) is 39.0 Å². The Labute approximate surface area is 140 Å². The molecule has 2 aromatic rings. The monoisotopic (exact) mass is 331 g/mol. The second-order valence-electron chi connectivity index (χ2n) is 5.39. The Bertz CT molecular complexity index is 763. The second kappa shape index (κ2) is 7.21. The lowest BCUT2D eigenvalue weighted by atomic mass is 10.0. The highest BCUT2D eigenvalue weighted by Gasteiger charge is 2.27. The van der Waals surface area contributed by atoms with Crippen molar-refractivity contribution in [1.29, 1.82) is 0 Å². The SMILES string of the molecule is COC(=O)c1[nH]c(C)c(C(=O)C(C)Oc2ccccc2OC)c1C. The molecule has 128 valence electrons. The first kappa shape index (κ1) is 17.6. The molecule has 0 radical (unpaired) electrons. The molecule has 0 bridgehead atoms. The summed E-state index contributed by atoms with van der Waals surface area (Å²) < 4.78 is 15.7. The van der Waals surface area contributed by atoms with Crippen molar-refractivity contribution in [3.05, 3.63) is 46.8 Å². The van der Waals surface area contributed by atoms with Gasteiger partial charge in [-0.1, -0.05) is 12.1 Å². The van der Waals surface area contributed by atoms with Gasteiger partial charge in [0.05, 0.1) is 14.2 Å². The molecule has 6 heteroatoms. The van der Waals surface area contributed by atoms with Gasteiger partial charge in [-0.15, -0.1) is 0 Å². The van der Waals surface area contributed by atoms with Crippen LogP contribution in [0.4, 0.5) is 0 Å². The number of para-hydroxylation sites is 2. The van der Waals surface area contributed by atoms with E-state index in [4.69, 9.17) is 14.2 Å². The zero-order valence-corrected chi connectivity index (χ0v) is 14.4. The minimum Gasteiger partial charge on any atom is -0.493 e. The number of hydrogen-bond donors (Lipinski definition) is 1. The van der Waals surface area contributed by atoms with E-state index in [1.54, 1.807) is 39.0 Å². The topological polar surface area (TPSA) is 77.6 Å². The Morgan fingerprint density at radius 1 is 1.08 bits per heavy atom. The highest BCUT2D eigenvalue weighted by Crippen LogP contribution is 2.28. The van der Waals surface area contributed by atoms with Crippen molar-refractivity contribution in [1.82, 2.24) is 4.98 Å². The van der Waals surface area contributed by atoms with E-state index in [2.05, 4.69) is 4.98 Å². The van der Waals surface area contributed by atoms with Crippen molar-refractivity contribution in [2.75, 3.05) is 14.2 Å². The van der Waals surface area contributed by atoms with Crippen molar-refractivity contribution >= 4 is 11.8 Å². The zero-order chi connectivity index (χ0) is 17.9. The van der Waals surface area contributed by atoms with Gasteiger partial charge in [0.15, 0.2) is 17.6 Å². The van der Waals surface area contributed by atoms with Crippen LogP contribution < -0.4 is 9.47 Å². The lowest BCUT2D eigenvalue weighted by Crippen LogP contribution is -2.25. The second-order valence-corrected chi connectivity index (χ2v) is 5.39. The Hall–Kier alpha value is -2.76. The fourth-order valence-corrected chi connectivity index (χ4v) is 2.59. The van der Waals surface area contributed by atoms with Crippen LogP contribution in [-0.2, 0) is 4.74 Å². The number of rotatable bonds is 6. The maximum atomic E-state index is 12.8. The zero-order valence-electron chi connectivity index (χ0n) is 14.4. The summed E-state index contributed by atoms with van der Waals surface area (Å²) in [6.07, 6.45) is -0.736. The smallest absolute Gasteiger partial charge is 0.354 e. The summed E-state index contributed by atoms with van der Waals surface area (Å²) in [6, 6.07) is 7.12. The van der Waals surface area contributed by atoms with Crippen molar-refractivity contribution < 1.29 is 23.8 Å². The number of carbonyl (C=O) groups is 2. The molecule has 0 aliphatic heterocycles. The first-order valence-electron chi connectivity index (χ1n) is 7.52. The van der Waals surface area contributed by atoms with Gasteiger partial charge in [0, 0.05) is 11.3 Å². The molecule has 0 saturated carbocycles. The van der Waals surface area contributed by atoms with Gasteiger partial charge in [-0.2, -0.15) is 0 Å². The summed E-state index contributed by atoms with van der Waals surface area (Å²) >= 11 is 0. The molecule has 0 aliphatic rings. The summed E-state index contributed by atoms with van der Waals surface area (Å²) in [5, 5.41) is 0. The number of ether oxygens (including phenoxy) is 3. The number of carbonyl (C=O) groups excluding carboxylic acids is 2. The van der Waals surface area contributed by atoms with Gasteiger partial charge in [0.1, 0.15) is 5.69 Å². The third kappa shape index (κ3) is 3.27. The first-order chi connectivity index (χ1) is 11.4. The first-order valence-corrected chi connectivity index (χ1v) is 7.52. The molecule has 1 atom stereocenters. The van der Waals surface area contributed by atoms with E-state index in [1.165, 1.54) is 14.2 Å². The predicted octanol–water partition coefficient (Wildman–Crippen LogP) is 3.08. The van der Waals surface area contributed by atoms with Crippen molar-refractivity contribution in [2.24, 2.45) is 0 Å². The van der Waals surface area contributed by atoms with Crippen molar-refractivity contribution in [3.8, 4) is 11.5 Å². The van der Waals surface area contributed by atoms with E-state index in [0.717, 1.165) is 0 Å². The molecule has 1 aromatic carbocycles.